The van der Waals surface area contributed by atoms with E-state index in [1.807, 2.05) is 0 Å². The highest BCUT2D eigenvalue weighted by molar-refractivity contribution is 7.92. The van der Waals surface area contributed by atoms with Gasteiger partial charge in [0.2, 0.25) is 10.0 Å². The van der Waals surface area contributed by atoms with Crippen molar-refractivity contribution in [3.63, 3.8) is 0 Å². The monoisotopic (exact) mass is 390 g/mol. The van der Waals surface area contributed by atoms with Crippen LogP contribution in [0, 0.1) is 10.1 Å². The van der Waals surface area contributed by atoms with Gasteiger partial charge in [0, 0.05) is 12.1 Å². The van der Waals surface area contributed by atoms with Crippen LogP contribution in [0.1, 0.15) is 12.5 Å². The molecule has 27 heavy (non-hydrogen) atoms. The molecule has 0 fully saturated rings. The molecule has 2 aromatic carbocycles. The minimum Gasteiger partial charge on any atom is -0.271 e. The second-order valence-electron chi connectivity index (χ2n) is 5.65. The van der Waals surface area contributed by atoms with Gasteiger partial charge in [0.15, 0.2) is 0 Å². The minimum absolute atomic E-state index is 0.0588. The van der Waals surface area contributed by atoms with Crippen LogP contribution in [-0.4, -0.2) is 37.8 Å². The van der Waals surface area contributed by atoms with Crippen LogP contribution in [-0.2, 0) is 14.8 Å². The fraction of sp³-hybridized carbons (Fsp3) is 0.176. The normalized spacial score (nSPS) is 12.5. The zero-order valence-electron chi connectivity index (χ0n) is 14.6. The van der Waals surface area contributed by atoms with E-state index >= 15 is 0 Å². The number of amides is 1. The van der Waals surface area contributed by atoms with Gasteiger partial charge in [0.25, 0.3) is 11.6 Å². The summed E-state index contributed by atoms with van der Waals surface area (Å²) in [6.07, 6.45) is 2.32. The summed E-state index contributed by atoms with van der Waals surface area (Å²) < 4.78 is 25.2. The van der Waals surface area contributed by atoms with Crippen LogP contribution >= 0.6 is 0 Å². The van der Waals surface area contributed by atoms with Crippen LogP contribution in [0.25, 0.3) is 0 Å². The number of rotatable bonds is 7. The summed E-state index contributed by atoms with van der Waals surface area (Å²) in [5.41, 5.74) is 3.12. The first-order chi connectivity index (χ1) is 12.7. The Kier molecular flexibility index (Phi) is 6.24. The molecule has 1 amide bonds. The maximum Gasteiger partial charge on any atom is 0.269 e. The molecule has 1 unspecified atom stereocenters. The Labute approximate surface area is 156 Å². The molecule has 0 heterocycles. The Morgan fingerprint density at radius 3 is 2.30 bits per heavy atom. The number of sulfonamides is 1. The fourth-order valence-corrected chi connectivity index (χ4v) is 3.50. The number of nitrogens with zero attached hydrogens (tertiary/aromatic N) is 3. The van der Waals surface area contributed by atoms with Crippen molar-refractivity contribution in [3.8, 4) is 0 Å². The smallest absolute Gasteiger partial charge is 0.269 e. The number of para-hydroxylation sites is 1. The van der Waals surface area contributed by atoms with Gasteiger partial charge in [-0.2, -0.15) is 5.10 Å². The van der Waals surface area contributed by atoms with Crippen molar-refractivity contribution in [2.45, 2.75) is 13.0 Å². The van der Waals surface area contributed by atoms with Crippen LogP contribution in [0.2, 0.25) is 0 Å². The number of carbonyl (C=O) groups excluding carboxylic acids is 1. The molecule has 0 saturated heterocycles. The molecule has 0 aliphatic carbocycles. The van der Waals surface area contributed by atoms with Gasteiger partial charge >= 0.3 is 0 Å². The Morgan fingerprint density at radius 2 is 1.78 bits per heavy atom. The van der Waals surface area contributed by atoms with E-state index in [0.717, 1.165) is 10.6 Å². The van der Waals surface area contributed by atoms with Crippen LogP contribution in [0.15, 0.2) is 59.7 Å². The third-order valence-electron chi connectivity index (χ3n) is 3.59. The van der Waals surface area contributed by atoms with Gasteiger partial charge in [-0.05, 0) is 36.8 Å². The van der Waals surface area contributed by atoms with Crippen molar-refractivity contribution < 1.29 is 18.1 Å². The van der Waals surface area contributed by atoms with Crippen molar-refractivity contribution in [1.82, 2.24) is 5.43 Å². The highest BCUT2D eigenvalue weighted by Gasteiger charge is 2.28. The molecule has 0 radical (unpaired) electrons. The lowest BCUT2D eigenvalue weighted by molar-refractivity contribution is -0.384. The van der Waals surface area contributed by atoms with Gasteiger partial charge in [-0.1, -0.05) is 18.2 Å². The van der Waals surface area contributed by atoms with Crippen molar-refractivity contribution in [3.05, 3.63) is 70.3 Å². The van der Waals surface area contributed by atoms with Crippen molar-refractivity contribution in [1.29, 1.82) is 0 Å². The van der Waals surface area contributed by atoms with E-state index in [2.05, 4.69) is 10.5 Å². The summed E-state index contributed by atoms with van der Waals surface area (Å²) in [5, 5.41) is 14.4. The Morgan fingerprint density at radius 1 is 1.19 bits per heavy atom. The van der Waals surface area contributed by atoms with E-state index in [1.54, 1.807) is 30.3 Å². The van der Waals surface area contributed by atoms with Gasteiger partial charge < -0.3 is 0 Å². The molecule has 1 atom stereocenters. The molecule has 0 saturated carbocycles. The molecule has 10 heteroatoms. The van der Waals surface area contributed by atoms with Crippen LogP contribution < -0.4 is 9.73 Å². The molecular weight excluding hydrogens is 372 g/mol. The maximum atomic E-state index is 12.3. The van der Waals surface area contributed by atoms with E-state index in [1.165, 1.54) is 37.4 Å². The number of hydrogen-bond donors (Lipinski definition) is 1. The number of benzene rings is 2. The standard InChI is InChI=1S/C17H18N4O5S/c1-13(20(27(2,25)26)15-6-4-3-5-7-15)17(22)19-18-12-14-8-10-16(11-9-14)21(23)24/h3-13H,1-2H3,(H,19,22). The summed E-state index contributed by atoms with van der Waals surface area (Å²) >= 11 is 0. The Hall–Kier alpha value is -3.27. The number of anilines is 1. The zero-order valence-corrected chi connectivity index (χ0v) is 15.5. The van der Waals surface area contributed by atoms with Crippen LogP contribution in [0.3, 0.4) is 0 Å². The third kappa shape index (κ3) is 5.35. The number of nitro benzene ring substituents is 1. The molecule has 142 valence electrons. The molecule has 1 N–H and O–H groups in total. The van der Waals surface area contributed by atoms with E-state index in [-0.39, 0.29) is 5.69 Å². The second kappa shape index (κ2) is 8.41. The van der Waals surface area contributed by atoms with Crippen molar-refractivity contribution >= 4 is 33.5 Å². The second-order valence-corrected chi connectivity index (χ2v) is 7.51. The van der Waals surface area contributed by atoms with Gasteiger partial charge in [-0.25, -0.2) is 13.8 Å². The maximum absolute atomic E-state index is 12.3. The molecular formula is C17H18N4O5S. The molecule has 9 nitrogen and oxygen atoms in total. The highest BCUT2D eigenvalue weighted by atomic mass is 32.2. The van der Waals surface area contributed by atoms with Gasteiger partial charge in [0.1, 0.15) is 6.04 Å². The van der Waals surface area contributed by atoms with Crippen molar-refractivity contribution in [2.75, 3.05) is 10.6 Å². The fourth-order valence-electron chi connectivity index (χ4n) is 2.33. The molecule has 0 spiro atoms. The van der Waals surface area contributed by atoms with E-state index in [4.69, 9.17) is 0 Å². The lowest BCUT2D eigenvalue weighted by Crippen LogP contribution is -2.46. The molecule has 2 aromatic rings. The average molecular weight is 390 g/mol. The zero-order chi connectivity index (χ0) is 20.0. The quantitative estimate of drug-likeness (QED) is 0.439. The summed E-state index contributed by atoms with van der Waals surface area (Å²) in [4.78, 5) is 22.4. The largest absolute Gasteiger partial charge is 0.271 e. The summed E-state index contributed by atoms with van der Waals surface area (Å²) in [5.74, 6) is -0.623. The topological polar surface area (TPSA) is 122 Å². The first-order valence-corrected chi connectivity index (χ1v) is 9.67. The summed E-state index contributed by atoms with van der Waals surface area (Å²) in [6.45, 7) is 1.45. The lowest BCUT2D eigenvalue weighted by atomic mass is 10.2. The summed E-state index contributed by atoms with van der Waals surface area (Å²) in [6, 6.07) is 12.8. The molecule has 2 rings (SSSR count). The number of nitrogens with one attached hydrogen (secondary N) is 1. The summed E-state index contributed by atoms with van der Waals surface area (Å²) in [7, 11) is -3.70. The average Bonchev–Trinajstić information content (AvgIpc) is 2.61. The molecule has 0 aromatic heterocycles. The first-order valence-electron chi connectivity index (χ1n) is 7.82. The molecule has 0 aliphatic heterocycles. The predicted octanol–water partition coefficient (Wildman–Crippen LogP) is 1.90. The van der Waals surface area contributed by atoms with Gasteiger partial charge in [-0.15, -0.1) is 0 Å². The third-order valence-corrected chi connectivity index (χ3v) is 4.83. The molecule has 0 bridgehead atoms. The minimum atomic E-state index is -3.70. The van der Waals surface area contributed by atoms with E-state index < -0.39 is 26.9 Å². The van der Waals surface area contributed by atoms with E-state index in [0.29, 0.717) is 11.3 Å². The number of carbonyl (C=O) groups is 1. The number of nitro groups is 1. The van der Waals surface area contributed by atoms with Gasteiger partial charge in [-0.3, -0.25) is 19.2 Å². The SMILES string of the molecule is CC(C(=O)NN=Cc1ccc([N+](=O)[O-])cc1)N(c1ccccc1)S(C)(=O)=O. The number of hydrazone groups is 1. The lowest BCUT2D eigenvalue weighted by Gasteiger charge is -2.27. The van der Waals surface area contributed by atoms with E-state index in [9.17, 15) is 23.3 Å². The predicted molar refractivity (Wildman–Crippen MR) is 102 cm³/mol. The van der Waals surface area contributed by atoms with Crippen molar-refractivity contribution in [2.24, 2.45) is 5.10 Å². The van der Waals surface area contributed by atoms with Crippen LogP contribution in [0.4, 0.5) is 11.4 Å². The van der Waals surface area contributed by atoms with Gasteiger partial charge in [0.05, 0.1) is 23.1 Å². The first kappa shape index (κ1) is 20.0. The Balaban J connectivity index is 2.10. The number of non-ortho nitro benzene ring substituents is 1. The number of hydrogen-bond acceptors (Lipinski definition) is 6. The Bertz CT molecular complexity index is 943. The highest BCUT2D eigenvalue weighted by Crippen LogP contribution is 2.20. The van der Waals surface area contributed by atoms with Crippen LogP contribution in [0.5, 0.6) is 0 Å². The molecule has 0 aliphatic rings.